The Morgan fingerprint density at radius 1 is 1.38 bits per heavy atom. The van der Waals surface area contributed by atoms with Gasteiger partial charge in [-0.3, -0.25) is 9.59 Å². The molecule has 0 bridgehead atoms. The zero-order chi connectivity index (χ0) is 15.4. The van der Waals surface area contributed by atoms with E-state index in [4.69, 9.17) is 4.74 Å². The third kappa shape index (κ3) is 3.61. The van der Waals surface area contributed by atoms with Gasteiger partial charge in [0.25, 0.3) is 5.91 Å². The van der Waals surface area contributed by atoms with E-state index in [9.17, 15) is 9.59 Å². The lowest BCUT2D eigenvalue weighted by Crippen LogP contribution is -2.39. The second-order valence-electron chi connectivity index (χ2n) is 5.51. The van der Waals surface area contributed by atoms with Crippen LogP contribution in [-0.4, -0.2) is 43.0 Å². The van der Waals surface area contributed by atoms with Crippen LogP contribution in [0.3, 0.4) is 0 Å². The van der Waals surface area contributed by atoms with Gasteiger partial charge in [0, 0.05) is 37.4 Å². The number of benzene rings is 1. The maximum Gasteiger partial charge on any atom is 0.254 e. The first-order chi connectivity index (χ1) is 10.0. The summed E-state index contributed by atoms with van der Waals surface area (Å²) < 4.78 is 5.07. The Morgan fingerprint density at radius 3 is 2.81 bits per heavy atom. The van der Waals surface area contributed by atoms with Crippen molar-refractivity contribution >= 4 is 17.5 Å². The maximum absolute atomic E-state index is 12.6. The van der Waals surface area contributed by atoms with Gasteiger partial charge in [0.05, 0.1) is 6.61 Å². The molecular weight excluding hydrogens is 268 g/mol. The summed E-state index contributed by atoms with van der Waals surface area (Å²) in [5.41, 5.74) is 2.50. The van der Waals surface area contributed by atoms with Gasteiger partial charge in [-0.15, -0.1) is 0 Å². The van der Waals surface area contributed by atoms with Crippen molar-refractivity contribution in [3.8, 4) is 0 Å². The van der Waals surface area contributed by atoms with Crippen molar-refractivity contribution < 1.29 is 14.3 Å². The molecule has 1 aliphatic rings. The van der Waals surface area contributed by atoms with Crippen LogP contribution in [0.5, 0.6) is 0 Å². The fourth-order valence-electron chi connectivity index (χ4n) is 2.47. The molecule has 1 N–H and O–H groups in total. The molecule has 1 heterocycles. The van der Waals surface area contributed by atoms with E-state index < -0.39 is 0 Å². The Hall–Kier alpha value is -1.88. The molecule has 21 heavy (non-hydrogen) atoms. The minimum absolute atomic E-state index is 0.00162. The number of carbonyl (C=O) groups is 2. The standard InChI is InChI=1S/C16H22N2O3/c1-11(2)18(8-9-21-3)16(20)13-4-6-14-12(10-13)5-7-15(19)17-14/h4,6,10-11H,5,7-9H2,1-3H3,(H,17,19). The van der Waals surface area contributed by atoms with Crippen LogP contribution in [0.4, 0.5) is 5.69 Å². The van der Waals surface area contributed by atoms with Gasteiger partial charge >= 0.3 is 0 Å². The van der Waals surface area contributed by atoms with Gasteiger partial charge in [0.2, 0.25) is 5.91 Å². The molecule has 0 saturated carbocycles. The number of aryl methyl sites for hydroxylation is 1. The number of nitrogens with one attached hydrogen (secondary N) is 1. The Labute approximate surface area is 125 Å². The molecular formula is C16H22N2O3. The van der Waals surface area contributed by atoms with E-state index in [-0.39, 0.29) is 17.9 Å². The number of fused-ring (bicyclic) bond motifs is 1. The zero-order valence-electron chi connectivity index (χ0n) is 12.8. The van der Waals surface area contributed by atoms with Crippen molar-refractivity contribution in [1.82, 2.24) is 4.90 Å². The largest absolute Gasteiger partial charge is 0.383 e. The van der Waals surface area contributed by atoms with Crippen molar-refractivity contribution in [3.05, 3.63) is 29.3 Å². The maximum atomic E-state index is 12.6. The fraction of sp³-hybridized carbons (Fsp3) is 0.500. The highest BCUT2D eigenvalue weighted by Gasteiger charge is 2.21. The molecule has 2 amide bonds. The summed E-state index contributed by atoms with van der Waals surface area (Å²) in [5, 5.41) is 2.83. The summed E-state index contributed by atoms with van der Waals surface area (Å²) in [4.78, 5) is 25.8. The van der Waals surface area contributed by atoms with Crippen LogP contribution in [0.15, 0.2) is 18.2 Å². The predicted molar refractivity (Wildman–Crippen MR) is 81.4 cm³/mol. The number of hydrogen-bond acceptors (Lipinski definition) is 3. The highest BCUT2D eigenvalue weighted by molar-refractivity contribution is 5.98. The summed E-state index contributed by atoms with van der Waals surface area (Å²) in [6.07, 6.45) is 1.16. The summed E-state index contributed by atoms with van der Waals surface area (Å²) in [6, 6.07) is 5.59. The minimum Gasteiger partial charge on any atom is -0.383 e. The first kappa shape index (κ1) is 15.5. The molecule has 1 aliphatic heterocycles. The molecule has 2 rings (SSSR count). The van der Waals surface area contributed by atoms with Crippen LogP contribution >= 0.6 is 0 Å². The summed E-state index contributed by atoms with van der Waals surface area (Å²) in [7, 11) is 1.63. The fourth-order valence-corrected chi connectivity index (χ4v) is 2.47. The lowest BCUT2D eigenvalue weighted by Gasteiger charge is -2.27. The molecule has 0 atom stereocenters. The molecule has 0 fully saturated rings. The summed E-state index contributed by atoms with van der Waals surface area (Å²) in [5.74, 6) is 0.0345. The topological polar surface area (TPSA) is 58.6 Å². The summed E-state index contributed by atoms with van der Waals surface area (Å²) in [6.45, 7) is 5.07. The molecule has 1 aromatic rings. The van der Waals surface area contributed by atoms with E-state index in [0.717, 1.165) is 11.3 Å². The van der Waals surface area contributed by atoms with Crippen LogP contribution in [-0.2, 0) is 16.0 Å². The number of methoxy groups -OCH3 is 1. The molecule has 0 aromatic heterocycles. The molecule has 5 heteroatoms. The lowest BCUT2D eigenvalue weighted by atomic mass is 9.99. The Balaban J connectivity index is 2.20. The number of rotatable bonds is 5. The lowest BCUT2D eigenvalue weighted by molar-refractivity contribution is -0.116. The first-order valence-corrected chi connectivity index (χ1v) is 7.25. The number of hydrogen-bond donors (Lipinski definition) is 1. The predicted octanol–water partition coefficient (Wildman–Crippen LogP) is 2.07. The van der Waals surface area contributed by atoms with Gasteiger partial charge < -0.3 is 15.0 Å². The van der Waals surface area contributed by atoms with Gasteiger partial charge in [0.15, 0.2) is 0 Å². The third-order valence-electron chi connectivity index (χ3n) is 3.67. The molecule has 1 aromatic carbocycles. The van der Waals surface area contributed by atoms with E-state index in [2.05, 4.69) is 5.32 Å². The number of nitrogens with zero attached hydrogens (tertiary/aromatic N) is 1. The number of anilines is 1. The van der Waals surface area contributed by atoms with E-state index in [1.54, 1.807) is 18.1 Å². The van der Waals surface area contributed by atoms with Crippen molar-refractivity contribution in [2.45, 2.75) is 32.7 Å². The Bertz CT molecular complexity index is 540. The first-order valence-electron chi connectivity index (χ1n) is 7.25. The molecule has 0 radical (unpaired) electrons. The zero-order valence-corrected chi connectivity index (χ0v) is 12.8. The summed E-state index contributed by atoms with van der Waals surface area (Å²) >= 11 is 0. The molecule has 0 spiro atoms. The van der Waals surface area contributed by atoms with Gasteiger partial charge in [-0.2, -0.15) is 0 Å². The Morgan fingerprint density at radius 2 is 2.14 bits per heavy atom. The molecule has 0 saturated heterocycles. The number of amides is 2. The molecule has 0 unspecified atom stereocenters. The van der Waals surface area contributed by atoms with Gasteiger partial charge in [-0.25, -0.2) is 0 Å². The molecule has 0 aliphatic carbocycles. The highest BCUT2D eigenvalue weighted by Crippen LogP contribution is 2.24. The van der Waals surface area contributed by atoms with Crippen LogP contribution < -0.4 is 5.32 Å². The van der Waals surface area contributed by atoms with Crippen LogP contribution in [0.1, 0.15) is 36.2 Å². The highest BCUT2D eigenvalue weighted by atomic mass is 16.5. The van der Waals surface area contributed by atoms with Gasteiger partial charge in [-0.05, 0) is 44.0 Å². The van der Waals surface area contributed by atoms with Crippen molar-refractivity contribution in [2.24, 2.45) is 0 Å². The van der Waals surface area contributed by atoms with Crippen LogP contribution in [0.25, 0.3) is 0 Å². The third-order valence-corrected chi connectivity index (χ3v) is 3.67. The SMILES string of the molecule is COCCN(C(=O)c1ccc2c(c1)CCC(=O)N2)C(C)C. The number of carbonyl (C=O) groups excluding carboxylic acids is 2. The average Bonchev–Trinajstić information content (AvgIpc) is 2.46. The van der Waals surface area contributed by atoms with Crippen molar-refractivity contribution in [2.75, 3.05) is 25.6 Å². The second-order valence-corrected chi connectivity index (χ2v) is 5.51. The second kappa shape index (κ2) is 6.72. The van der Waals surface area contributed by atoms with Gasteiger partial charge in [0.1, 0.15) is 0 Å². The van der Waals surface area contributed by atoms with E-state index in [1.165, 1.54) is 0 Å². The average molecular weight is 290 g/mol. The monoisotopic (exact) mass is 290 g/mol. The quantitative estimate of drug-likeness (QED) is 0.903. The van der Waals surface area contributed by atoms with E-state index in [0.29, 0.717) is 31.6 Å². The number of ether oxygens (including phenoxy) is 1. The van der Waals surface area contributed by atoms with Gasteiger partial charge in [-0.1, -0.05) is 0 Å². The molecule has 5 nitrogen and oxygen atoms in total. The minimum atomic E-state index is 0.00162. The van der Waals surface area contributed by atoms with Crippen molar-refractivity contribution in [3.63, 3.8) is 0 Å². The molecule has 114 valence electrons. The van der Waals surface area contributed by atoms with Crippen LogP contribution in [0.2, 0.25) is 0 Å². The van der Waals surface area contributed by atoms with Crippen LogP contribution in [0, 0.1) is 0 Å². The van der Waals surface area contributed by atoms with Crippen molar-refractivity contribution in [1.29, 1.82) is 0 Å². The van der Waals surface area contributed by atoms with E-state index in [1.807, 2.05) is 26.0 Å². The smallest absolute Gasteiger partial charge is 0.254 e. The normalized spacial score (nSPS) is 13.8. The van der Waals surface area contributed by atoms with E-state index >= 15 is 0 Å². The Kier molecular flexibility index (Phi) is 4.96.